The number of hydroxylamine groups is 1. The first-order chi connectivity index (χ1) is 9.27. The molecule has 0 aliphatic rings. The standard InChI is InChI=1S/C12H21N3O5/c1-6(2)3-7(11(13)18)8-4-10(17)15(12(8)19)5-9(16)14-20/h4,6-7,9,14,16-17,19-20H,3,5H2,1-2H3,(H2,13,18)/t7-,9-/m0/s1. The molecule has 0 radical (unpaired) electrons. The molecule has 1 aromatic rings. The lowest BCUT2D eigenvalue weighted by atomic mass is 9.91. The number of nitrogens with zero attached hydrogens (tertiary/aromatic N) is 1. The average Bonchev–Trinajstić information content (AvgIpc) is 2.63. The Hall–Kier alpha value is -1.77. The molecule has 0 bridgehead atoms. The van der Waals surface area contributed by atoms with E-state index in [9.17, 15) is 20.1 Å². The number of aliphatic hydroxyl groups is 1. The first-order valence-corrected chi connectivity index (χ1v) is 6.26. The summed E-state index contributed by atoms with van der Waals surface area (Å²) in [5.41, 5.74) is 7.11. The van der Waals surface area contributed by atoms with Crippen LogP contribution in [-0.4, -0.2) is 37.2 Å². The summed E-state index contributed by atoms with van der Waals surface area (Å²) >= 11 is 0. The van der Waals surface area contributed by atoms with E-state index in [1.807, 2.05) is 13.8 Å². The minimum atomic E-state index is -1.37. The number of aliphatic hydroxyl groups excluding tert-OH is 1. The van der Waals surface area contributed by atoms with E-state index in [1.165, 1.54) is 6.07 Å². The monoisotopic (exact) mass is 287 g/mol. The van der Waals surface area contributed by atoms with Crippen LogP contribution in [0.1, 0.15) is 31.7 Å². The normalized spacial score (nSPS) is 14.4. The molecule has 7 N–H and O–H groups in total. The van der Waals surface area contributed by atoms with E-state index in [4.69, 9.17) is 10.9 Å². The summed E-state index contributed by atoms with van der Waals surface area (Å²) in [6.07, 6.45) is -0.947. The fourth-order valence-electron chi connectivity index (χ4n) is 2.06. The highest BCUT2D eigenvalue weighted by Crippen LogP contribution is 2.36. The predicted octanol–water partition coefficient (Wildman–Crippen LogP) is -0.189. The largest absolute Gasteiger partial charge is 0.494 e. The zero-order chi connectivity index (χ0) is 15.4. The van der Waals surface area contributed by atoms with Crippen molar-refractivity contribution in [2.24, 2.45) is 11.7 Å². The van der Waals surface area contributed by atoms with Gasteiger partial charge in [-0.05, 0) is 12.3 Å². The lowest BCUT2D eigenvalue weighted by Crippen LogP contribution is -2.29. The van der Waals surface area contributed by atoms with Crippen molar-refractivity contribution < 1.29 is 25.3 Å². The van der Waals surface area contributed by atoms with Gasteiger partial charge in [-0.25, -0.2) is 0 Å². The molecule has 20 heavy (non-hydrogen) atoms. The van der Waals surface area contributed by atoms with E-state index < -0.39 is 18.1 Å². The number of hydrogen-bond donors (Lipinski definition) is 6. The Morgan fingerprint density at radius 2 is 2.05 bits per heavy atom. The number of nitrogens with two attached hydrogens (primary N) is 1. The van der Waals surface area contributed by atoms with Crippen molar-refractivity contribution in [1.29, 1.82) is 0 Å². The van der Waals surface area contributed by atoms with Crippen molar-refractivity contribution in [3.05, 3.63) is 11.6 Å². The van der Waals surface area contributed by atoms with Crippen LogP contribution in [0.4, 0.5) is 0 Å². The van der Waals surface area contributed by atoms with Crippen molar-refractivity contribution in [2.45, 2.75) is 39.0 Å². The zero-order valence-corrected chi connectivity index (χ0v) is 11.4. The summed E-state index contributed by atoms with van der Waals surface area (Å²) in [5.74, 6) is -1.86. The van der Waals surface area contributed by atoms with Crippen LogP contribution in [0.2, 0.25) is 0 Å². The highest BCUT2D eigenvalue weighted by Gasteiger charge is 2.27. The third-order valence-corrected chi connectivity index (χ3v) is 3.01. The summed E-state index contributed by atoms with van der Waals surface area (Å²) in [5, 5.41) is 37.6. The van der Waals surface area contributed by atoms with Crippen molar-refractivity contribution in [3.63, 3.8) is 0 Å². The second kappa shape index (κ2) is 6.60. The molecule has 0 aliphatic heterocycles. The third kappa shape index (κ3) is 3.62. The lowest BCUT2D eigenvalue weighted by Gasteiger charge is -2.16. The van der Waals surface area contributed by atoms with Crippen LogP contribution in [0.5, 0.6) is 11.8 Å². The van der Waals surface area contributed by atoms with Crippen molar-refractivity contribution in [1.82, 2.24) is 10.0 Å². The van der Waals surface area contributed by atoms with E-state index in [0.29, 0.717) is 6.42 Å². The maximum atomic E-state index is 11.5. The number of amides is 1. The number of aromatic nitrogens is 1. The van der Waals surface area contributed by atoms with E-state index in [2.05, 4.69) is 0 Å². The minimum absolute atomic E-state index is 0.169. The van der Waals surface area contributed by atoms with Gasteiger partial charge in [0.05, 0.1) is 12.5 Å². The number of carbonyl (C=O) groups excluding carboxylic acids is 1. The molecule has 2 atom stereocenters. The van der Waals surface area contributed by atoms with Crippen molar-refractivity contribution in [2.75, 3.05) is 0 Å². The molecule has 0 unspecified atom stereocenters. The highest BCUT2D eigenvalue weighted by atomic mass is 16.5. The van der Waals surface area contributed by atoms with Gasteiger partial charge in [0.15, 0.2) is 11.8 Å². The SMILES string of the molecule is CC(C)C[C@H](C(N)=O)c1cc(O)n(C[C@H](O)NO)c1O. The second-order valence-electron chi connectivity index (χ2n) is 5.12. The molecule has 0 saturated heterocycles. The number of rotatable bonds is 7. The van der Waals surface area contributed by atoms with E-state index in [1.54, 1.807) is 5.48 Å². The topological polar surface area (TPSA) is 141 Å². The molecule has 1 amide bonds. The third-order valence-electron chi connectivity index (χ3n) is 3.01. The zero-order valence-electron chi connectivity index (χ0n) is 11.4. The first-order valence-electron chi connectivity index (χ1n) is 6.26. The summed E-state index contributed by atoms with van der Waals surface area (Å²) in [6, 6.07) is 1.23. The van der Waals surface area contributed by atoms with Crippen LogP contribution in [0.15, 0.2) is 6.07 Å². The first kappa shape index (κ1) is 16.3. The quantitative estimate of drug-likeness (QED) is 0.303. The Labute approximate surface area is 116 Å². The molecule has 8 heteroatoms. The second-order valence-corrected chi connectivity index (χ2v) is 5.12. The Kier molecular flexibility index (Phi) is 5.37. The molecular formula is C12H21N3O5. The van der Waals surface area contributed by atoms with E-state index in [0.717, 1.165) is 4.57 Å². The van der Waals surface area contributed by atoms with Gasteiger partial charge in [-0.15, -0.1) is 0 Å². The fourth-order valence-corrected chi connectivity index (χ4v) is 2.06. The van der Waals surface area contributed by atoms with Gasteiger partial charge in [0.2, 0.25) is 5.91 Å². The maximum absolute atomic E-state index is 11.5. The fraction of sp³-hybridized carbons (Fsp3) is 0.583. The summed E-state index contributed by atoms with van der Waals surface area (Å²) < 4.78 is 0.972. The number of primary amides is 1. The smallest absolute Gasteiger partial charge is 0.225 e. The summed E-state index contributed by atoms with van der Waals surface area (Å²) in [7, 11) is 0. The Balaban J connectivity index is 3.12. The van der Waals surface area contributed by atoms with Gasteiger partial charge < -0.3 is 26.3 Å². The highest BCUT2D eigenvalue weighted by molar-refractivity contribution is 5.82. The van der Waals surface area contributed by atoms with Gasteiger partial charge in [0.25, 0.3) is 0 Å². The maximum Gasteiger partial charge on any atom is 0.225 e. The Bertz CT molecular complexity index is 472. The van der Waals surface area contributed by atoms with Gasteiger partial charge in [-0.2, -0.15) is 5.48 Å². The van der Waals surface area contributed by atoms with Crippen LogP contribution in [0.3, 0.4) is 0 Å². The molecule has 8 nitrogen and oxygen atoms in total. The van der Waals surface area contributed by atoms with Gasteiger partial charge in [0.1, 0.15) is 6.23 Å². The molecule has 1 rings (SSSR count). The number of carbonyl (C=O) groups is 1. The average molecular weight is 287 g/mol. The molecule has 0 aromatic carbocycles. The van der Waals surface area contributed by atoms with Gasteiger partial charge >= 0.3 is 0 Å². The van der Waals surface area contributed by atoms with E-state index >= 15 is 0 Å². The van der Waals surface area contributed by atoms with Crippen LogP contribution in [0.25, 0.3) is 0 Å². The molecule has 1 heterocycles. The Morgan fingerprint density at radius 1 is 1.45 bits per heavy atom. The van der Waals surface area contributed by atoms with Crippen LogP contribution in [-0.2, 0) is 11.3 Å². The molecular weight excluding hydrogens is 266 g/mol. The molecule has 114 valence electrons. The van der Waals surface area contributed by atoms with Crippen LogP contribution in [0, 0.1) is 5.92 Å². The lowest BCUT2D eigenvalue weighted by molar-refractivity contribution is -0.119. The van der Waals surface area contributed by atoms with Gasteiger partial charge in [-0.1, -0.05) is 13.8 Å². The minimum Gasteiger partial charge on any atom is -0.494 e. The molecule has 0 saturated carbocycles. The molecule has 0 aliphatic carbocycles. The number of aromatic hydroxyl groups is 2. The van der Waals surface area contributed by atoms with Crippen LogP contribution < -0.4 is 11.2 Å². The Morgan fingerprint density at radius 3 is 2.50 bits per heavy atom. The molecule has 0 spiro atoms. The van der Waals surface area contributed by atoms with Gasteiger partial charge in [-0.3, -0.25) is 9.36 Å². The van der Waals surface area contributed by atoms with Gasteiger partial charge in [0, 0.05) is 11.6 Å². The predicted molar refractivity (Wildman–Crippen MR) is 70.1 cm³/mol. The summed E-state index contributed by atoms with van der Waals surface area (Å²) in [4.78, 5) is 11.5. The van der Waals surface area contributed by atoms with Crippen molar-refractivity contribution in [3.8, 4) is 11.8 Å². The summed E-state index contributed by atoms with van der Waals surface area (Å²) in [6.45, 7) is 3.52. The number of nitrogens with one attached hydrogen (secondary N) is 1. The van der Waals surface area contributed by atoms with Crippen LogP contribution >= 0.6 is 0 Å². The molecule has 0 fully saturated rings. The number of hydrogen-bond acceptors (Lipinski definition) is 6. The molecule has 1 aromatic heterocycles. The van der Waals surface area contributed by atoms with Crippen molar-refractivity contribution >= 4 is 5.91 Å². The van der Waals surface area contributed by atoms with E-state index in [-0.39, 0.29) is 29.8 Å².